The summed E-state index contributed by atoms with van der Waals surface area (Å²) in [5.74, 6) is 1.13. The first-order valence-corrected chi connectivity index (χ1v) is 10.8. The summed E-state index contributed by atoms with van der Waals surface area (Å²) in [6.45, 7) is 3.34. The fourth-order valence-corrected chi connectivity index (χ4v) is 5.75. The van der Waals surface area contributed by atoms with Crippen LogP contribution in [0.4, 0.5) is 5.69 Å². The molecule has 5 heterocycles. The fraction of sp³-hybridized carbons (Fsp3) is 0.389. The second-order valence-corrected chi connectivity index (χ2v) is 8.93. The first-order valence-electron chi connectivity index (χ1n) is 9.00. The Balaban J connectivity index is 1.52. The average molecular weight is 419 g/mol. The molecule has 1 N–H and O–H groups in total. The number of ether oxygens (including phenoxy) is 1. The Kier molecular flexibility index (Phi) is 4.71. The highest BCUT2D eigenvalue weighted by Crippen LogP contribution is 2.42. The summed E-state index contributed by atoms with van der Waals surface area (Å²) in [6.07, 6.45) is 3.22. The third-order valence-corrected chi connectivity index (χ3v) is 7.40. The molecule has 0 bridgehead atoms. The first-order chi connectivity index (χ1) is 13.7. The number of rotatable bonds is 4. The van der Waals surface area contributed by atoms with Crippen LogP contribution in [0, 0.1) is 0 Å². The van der Waals surface area contributed by atoms with Gasteiger partial charge in [0.25, 0.3) is 5.56 Å². The van der Waals surface area contributed by atoms with E-state index in [0.29, 0.717) is 41.4 Å². The van der Waals surface area contributed by atoms with E-state index in [-0.39, 0.29) is 17.5 Å². The van der Waals surface area contributed by atoms with Gasteiger partial charge in [0.1, 0.15) is 16.0 Å². The van der Waals surface area contributed by atoms with Gasteiger partial charge in [-0.2, -0.15) is 0 Å². The molecule has 0 unspecified atom stereocenters. The van der Waals surface area contributed by atoms with Crippen molar-refractivity contribution >= 4 is 44.9 Å². The van der Waals surface area contributed by atoms with Gasteiger partial charge in [-0.15, -0.1) is 23.1 Å². The van der Waals surface area contributed by atoms with E-state index >= 15 is 0 Å². The number of aromatic nitrogens is 2. The molecule has 2 aliphatic rings. The average Bonchev–Trinajstić information content (AvgIpc) is 3.36. The summed E-state index contributed by atoms with van der Waals surface area (Å²) < 4.78 is 14.3. The largest absolute Gasteiger partial charge is 0.468 e. The quantitative estimate of drug-likeness (QED) is 0.694. The zero-order valence-corrected chi connectivity index (χ0v) is 16.6. The van der Waals surface area contributed by atoms with Crippen LogP contribution in [-0.2, 0) is 16.1 Å². The number of carbonyl (C=O) groups excluding carboxylic acids is 1. The number of morpholine rings is 1. The normalized spacial score (nSPS) is 18.8. The van der Waals surface area contributed by atoms with E-state index in [1.54, 1.807) is 17.2 Å². The summed E-state index contributed by atoms with van der Waals surface area (Å²) in [5, 5.41) is 2.85. The number of amides is 1. The molecular weight excluding hydrogens is 400 g/mol. The van der Waals surface area contributed by atoms with E-state index in [1.807, 2.05) is 12.1 Å². The minimum atomic E-state index is -0.0935. The van der Waals surface area contributed by atoms with Crippen LogP contribution in [0.1, 0.15) is 11.8 Å². The Morgan fingerprint density at radius 3 is 2.93 bits per heavy atom. The molecule has 0 aromatic carbocycles. The van der Waals surface area contributed by atoms with Crippen LogP contribution in [0.2, 0.25) is 0 Å². The third kappa shape index (κ3) is 3.16. The Labute approximate surface area is 168 Å². The summed E-state index contributed by atoms with van der Waals surface area (Å²) in [5.41, 5.74) is 1.15. The molecule has 0 radical (unpaired) electrons. The van der Waals surface area contributed by atoms with Gasteiger partial charge in [-0.1, -0.05) is 0 Å². The number of thiophene rings is 1. The molecule has 0 aliphatic carbocycles. The Morgan fingerprint density at radius 2 is 2.14 bits per heavy atom. The molecule has 1 saturated heterocycles. The maximum Gasteiger partial charge on any atom is 0.271 e. The van der Waals surface area contributed by atoms with E-state index in [4.69, 9.17) is 9.15 Å². The highest BCUT2D eigenvalue weighted by Gasteiger charge is 2.27. The number of carbonyl (C=O) groups is 1. The smallest absolute Gasteiger partial charge is 0.271 e. The number of nitrogens with zero attached hydrogens (tertiary/aromatic N) is 3. The summed E-state index contributed by atoms with van der Waals surface area (Å²) in [4.78, 5) is 31.6. The summed E-state index contributed by atoms with van der Waals surface area (Å²) in [6, 6.07) is 3.73. The van der Waals surface area contributed by atoms with Crippen LogP contribution in [0.5, 0.6) is 0 Å². The van der Waals surface area contributed by atoms with Crippen molar-refractivity contribution in [1.29, 1.82) is 0 Å². The zero-order valence-electron chi connectivity index (χ0n) is 14.9. The molecule has 1 amide bonds. The maximum absolute atomic E-state index is 13.2. The van der Waals surface area contributed by atoms with Crippen molar-refractivity contribution in [2.75, 3.05) is 37.4 Å². The molecular formula is C18H18N4O4S2. The molecule has 10 heteroatoms. The lowest BCUT2D eigenvalue weighted by Crippen LogP contribution is -2.41. The summed E-state index contributed by atoms with van der Waals surface area (Å²) in [7, 11) is 0. The zero-order chi connectivity index (χ0) is 19.1. The molecule has 8 nitrogen and oxygen atoms in total. The fourth-order valence-electron chi connectivity index (χ4n) is 3.57. The lowest BCUT2D eigenvalue weighted by Gasteiger charge is -2.33. The van der Waals surface area contributed by atoms with E-state index in [1.165, 1.54) is 23.1 Å². The topological polar surface area (TPSA) is 89.6 Å². The minimum absolute atomic E-state index is 0.0617. The number of hydrogen-bond donors (Lipinski definition) is 1. The lowest BCUT2D eigenvalue weighted by atomic mass is 10.1. The van der Waals surface area contributed by atoms with Crippen molar-refractivity contribution < 1.29 is 13.9 Å². The highest BCUT2D eigenvalue weighted by atomic mass is 32.2. The Morgan fingerprint density at radius 1 is 1.29 bits per heavy atom. The lowest BCUT2D eigenvalue weighted by molar-refractivity contribution is -0.113. The van der Waals surface area contributed by atoms with Crippen molar-refractivity contribution in [2.24, 2.45) is 0 Å². The molecule has 5 rings (SSSR count). The molecule has 3 aromatic heterocycles. The third-order valence-electron chi connectivity index (χ3n) is 4.96. The van der Waals surface area contributed by atoms with Gasteiger partial charge in [-0.05, 0) is 12.1 Å². The standard InChI is InChI=1S/C18H18N4O4S2/c23-13-9-27-18-15(20-13)14-16(28-18)17(24)22(10-19-14)8-11(12-2-1-5-26-12)21-3-6-25-7-4-21/h1-2,5,10-11H,3-4,6-9H2,(H,20,23)/t11-/m0/s1. The second-order valence-electron chi connectivity index (χ2n) is 6.66. The van der Waals surface area contributed by atoms with Gasteiger partial charge < -0.3 is 14.5 Å². The van der Waals surface area contributed by atoms with Crippen LogP contribution < -0.4 is 10.9 Å². The maximum atomic E-state index is 13.2. The first kappa shape index (κ1) is 17.9. The van der Waals surface area contributed by atoms with Crippen molar-refractivity contribution in [1.82, 2.24) is 14.5 Å². The van der Waals surface area contributed by atoms with Gasteiger partial charge in [0.2, 0.25) is 5.91 Å². The minimum Gasteiger partial charge on any atom is -0.468 e. The van der Waals surface area contributed by atoms with Gasteiger partial charge in [0.05, 0.1) is 47.5 Å². The van der Waals surface area contributed by atoms with Gasteiger partial charge in [-0.3, -0.25) is 19.1 Å². The molecule has 3 aromatic rings. The van der Waals surface area contributed by atoms with Gasteiger partial charge in [0, 0.05) is 19.6 Å². The van der Waals surface area contributed by atoms with Crippen LogP contribution >= 0.6 is 23.1 Å². The van der Waals surface area contributed by atoms with Gasteiger partial charge in [0.15, 0.2) is 0 Å². The van der Waals surface area contributed by atoms with Crippen LogP contribution in [0.25, 0.3) is 10.2 Å². The van der Waals surface area contributed by atoms with Crippen molar-refractivity contribution in [3.05, 3.63) is 40.8 Å². The van der Waals surface area contributed by atoms with Gasteiger partial charge in [-0.25, -0.2) is 4.98 Å². The van der Waals surface area contributed by atoms with Crippen molar-refractivity contribution in [2.45, 2.75) is 16.8 Å². The molecule has 1 atom stereocenters. The van der Waals surface area contributed by atoms with Crippen LogP contribution in [0.15, 0.2) is 38.1 Å². The Bertz CT molecular complexity index is 1070. The number of hydrogen-bond acceptors (Lipinski definition) is 8. The monoisotopic (exact) mass is 418 g/mol. The van der Waals surface area contributed by atoms with Crippen molar-refractivity contribution in [3.63, 3.8) is 0 Å². The predicted molar refractivity (Wildman–Crippen MR) is 107 cm³/mol. The predicted octanol–water partition coefficient (Wildman–Crippen LogP) is 2.17. The number of fused-ring (bicyclic) bond motifs is 3. The van der Waals surface area contributed by atoms with Crippen LogP contribution in [-0.4, -0.2) is 52.4 Å². The molecule has 146 valence electrons. The van der Waals surface area contributed by atoms with E-state index in [9.17, 15) is 9.59 Å². The molecule has 0 saturated carbocycles. The molecule has 1 fully saturated rings. The Hall–Kier alpha value is -2.14. The number of nitrogens with one attached hydrogen (secondary N) is 1. The number of anilines is 1. The highest BCUT2D eigenvalue weighted by molar-refractivity contribution is 8.02. The number of furan rings is 1. The second kappa shape index (κ2) is 7.36. The number of thioether (sulfide) groups is 1. The van der Waals surface area contributed by atoms with Crippen LogP contribution in [0.3, 0.4) is 0 Å². The molecule has 2 aliphatic heterocycles. The van der Waals surface area contributed by atoms with Gasteiger partial charge >= 0.3 is 0 Å². The van der Waals surface area contributed by atoms with E-state index in [0.717, 1.165) is 23.1 Å². The summed E-state index contributed by atoms with van der Waals surface area (Å²) >= 11 is 2.85. The van der Waals surface area contributed by atoms with Crippen molar-refractivity contribution in [3.8, 4) is 0 Å². The van der Waals surface area contributed by atoms with E-state index < -0.39 is 0 Å². The SMILES string of the molecule is O=C1CSc2sc3c(=O)n(C[C@@H](c4ccco4)N4CCOCC4)cnc3c2N1. The van der Waals surface area contributed by atoms with E-state index in [2.05, 4.69) is 15.2 Å². The molecule has 0 spiro atoms. The molecule has 28 heavy (non-hydrogen) atoms.